The number of aromatic nitrogens is 2. The van der Waals surface area contributed by atoms with Gasteiger partial charge in [0.25, 0.3) is 0 Å². The quantitative estimate of drug-likeness (QED) is 0.124. The van der Waals surface area contributed by atoms with Gasteiger partial charge in [0.05, 0.1) is 0 Å². The van der Waals surface area contributed by atoms with Gasteiger partial charge in [0, 0.05) is 0 Å². The Bertz CT molecular complexity index is 2520. The summed E-state index contributed by atoms with van der Waals surface area (Å²) in [6.45, 7) is 5.33. The van der Waals surface area contributed by atoms with Gasteiger partial charge in [-0.3, -0.25) is 0 Å². The summed E-state index contributed by atoms with van der Waals surface area (Å²) in [5.74, 6) is 3.78. The van der Waals surface area contributed by atoms with Gasteiger partial charge in [0.15, 0.2) is 0 Å². The summed E-state index contributed by atoms with van der Waals surface area (Å²) in [5.41, 5.74) is 5.09. The van der Waals surface area contributed by atoms with Gasteiger partial charge in [-0.1, -0.05) is 0 Å². The average molecular weight is 731 g/mol. The molecule has 10 nitrogen and oxygen atoms in total. The van der Waals surface area contributed by atoms with Crippen LogP contribution in [-0.4, -0.2) is 58.0 Å². The van der Waals surface area contributed by atoms with E-state index in [1.807, 2.05) is 48.5 Å². The zero-order valence-electron chi connectivity index (χ0n) is 28.4. The number of rotatable bonds is 8. The molecule has 0 saturated heterocycles. The number of hydrogen-bond acceptors (Lipinski definition) is 8. The number of aliphatic imine (C=N–C) groups is 4. The first-order chi connectivity index (χ1) is 25.2. The van der Waals surface area contributed by atoms with Gasteiger partial charge in [-0.05, 0) is 0 Å². The second-order valence-corrected chi connectivity index (χ2v) is 18.5. The third kappa shape index (κ3) is 4.49. The third-order valence-corrected chi connectivity index (χ3v) is 16.5. The van der Waals surface area contributed by atoms with E-state index in [9.17, 15) is 0 Å². The number of hydrogen-bond donors (Lipinski definition) is 0. The molecule has 4 aliphatic heterocycles. The van der Waals surface area contributed by atoms with Crippen LogP contribution >= 0.6 is 0 Å². The van der Waals surface area contributed by atoms with E-state index in [0.717, 1.165) is 69.5 Å². The topological polar surface area (TPSA) is 102 Å². The molecule has 250 valence electrons. The van der Waals surface area contributed by atoms with E-state index in [2.05, 4.69) is 69.4 Å². The minimum atomic E-state index is -4.77. The Labute approximate surface area is 297 Å². The SMILES string of the molecule is CCCC[O][Ge]1([O]CCCC)[n]2c3c4ccccc4c2N=C2N=C(N=c4c5ccccc5c([n]41)=NC1=NC(=N3)c3ccccc31)c1ccccc12. The van der Waals surface area contributed by atoms with Crippen LogP contribution in [0, 0.1) is 0 Å². The summed E-state index contributed by atoms with van der Waals surface area (Å²) in [7, 11) is 0. The van der Waals surface area contributed by atoms with Crippen molar-refractivity contribution < 1.29 is 7.53 Å². The molecule has 4 aliphatic rings. The summed E-state index contributed by atoms with van der Waals surface area (Å²) >= 11 is -4.77. The van der Waals surface area contributed by atoms with Gasteiger partial charge < -0.3 is 0 Å². The zero-order valence-corrected chi connectivity index (χ0v) is 30.5. The summed E-state index contributed by atoms with van der Waals surface area (Å²) in [6, 6.07) is 33.0. The monoisotopic (exact) mass is 732 g/mol. The summed E-state index contributed by atoms with van der Waals surface area (Å²) in [5, 5.41) is 3.73. The first-order valence-electron chi connectivity index (χ1n) is 17.7. The number of nitrogens with zero attached hydrogens (tertiary/aromatic N) is 8. The van der Waals surface area contributed by atoms with Gasteiger partial charge in [0.1, 0.15) is 0 Å². The normalized spacial score (nSPS) is 16.0. The number of unbranched alkanes of at least 4 members (excludes halogenated alkanes) is 2. The fraction of sp³-hybridized carbons (Fsp3) is 0.200. The number of amidine groups is 4. The second-order valence-electron chi connectivity index (χ2n) is 13.1. The van der Waals surface area contributed by atoms with Gasteiger partial charge in [-0.25, -0.2) is 0 Å². The Kier molecular flexibility index (Phi) is 7.12. The molecule has 0 unspecified atom stereocenters. The van der Waals surface area contributed by atoms with Crippen LogP contribution in [0.25, 0.3) is 21.5 Å². The predicted molar refractivity (Wildman–Crippen MR) is 203 cm³/mol. The molecule has 6 heterocycles. The fourth-order valence-electron chi connectivity index (χ4n) is 7.43. The minimum absolute atomic E-state index is 0.485. The number of benzene rings is 4. The molecule has 6 aromatic rings. The number of fused-ring (bicyclic) bond motifs is 14. The average Bonchev–Trinajstić information content (AvgIpc) is 3.88. The van der Waals surface area contributed by atoms with Crippen molar-refractivity contribution in [3.8, 4) is 0 Å². The molecule has 10 rings (SSSR count). The van der Waals surface area contributed by atoms with Gasteiger partial charge in [-0.2, -0.15) is 0 Å². The molecule has 0 saturated carbocycles. The molecule has 2 aromatic heterocycles. The van der Waals surface area contributed by atoms with Crippen molar-refractivity contribution in [1.29, 1.82) is 0 Å². The molecule has 11 heteroatoms. The Morgan fingerprint density at radius 2 is 0.824 bits per heavy atom. The third-order valence-electron chi connectivity index (χ3n) is 9.89. The van der Waals surface area contributed by atoms with Crippen LogP contribution in [0.5, 0.6) is 0 Å². The first-order valence-corrected chi connectivity index (χ1v) is 21.3. The Hall–Kier alpha value is -5.30. The van der Waals surface area contributed by atoms with Crippen LogP contribution in [0.4, 0.5) is 11.6 Å². The molecular weight excluding hydrogens is 697 g/mol. The van der Waals surface area contributed by atoms with Crippen LogP contribution in [0.15, 0.2) is 127 Å². The van der Waals surface area contributed by atoms with Crippen molar-refractivity contribution in [3.05, 3.63) is 130 Å². The van der Waals surface area contributed by atoms with Crippen molar-refractivity contribution in [3.63, 3.8) is 0 Å². The van der Waals surface area contributed by atoms with E-state index in [4.69, 9.17) is 37.5 Å². The van der Waals surface area contributed by atoms with E-state index >= 15 is 0 Å². The molecule has 0 aliphatic carbocycles. The molecular formula is C40H34GeN8O2. The standard InChI is InChI=1S/C40H34GeN8O2/c1-3-5-23-50-41(51-24-6-4-2)48-37-29-19-11-12-20-30(29)39(48)46-35-27-17-9-10-18-28(27)36(43-35)47-40-32-22-14-13-21-31(32)38(49(40)41)45-34-26-16-8-7-15-25(26)33(42-34)44-37/h7-22H,3-6,23-24H2,1-2H3. The summed E-state index contributed by atoms with van der Waals surface area (Å²) < 4.78 is 19.3. The van der Waals surface area contributed by atoms with Crippen molar-refractivity contribution in [2.24, 2.45) is 30.0 Å². The van der Waals surface area contributed by atoms with Gasteiger partial charge >= 0.3 is 298 Å². The molecule has 0 spiro atoms. The zero-order chi connectivity index (χ0) is 34.1. The van der Waals surface area contributed by atoms with Crippen LogP contribution in [0.2, 0.25) is 0 Å². The van der Waals surface area contributed by atoms with Crippen LogP contribution < -0.4 is 11.0 Å². The summed E-state index contributed by atoms with van der Waals surface area (Å²) in [4.78, 5) is 32.1. The molecule has 51 heavy (non-hydrogen) atoms. The van der Waals surface area contributed by atoms with Crippen molar-refractivity contribution >= 4 is 70.9 Å². The summed E-state index contributed by atoms with van der Waals surface area (Å²) in [6.07, 6.45) is 3.64. The van der Waals surface area contributed by atoms with Crippen molar-refractivity contribution in [2.45, 2.75) is 39.5 Å². The molecule has 0 radical (unpaired) electrons. The molecule has 0 amide bonds. The van der Waals surface area contributed by atoms with Gasteiger partial charge in [0.2, 0.25) is 0 Å². The van der Waals surface area contributed by atoms with Crippen molar-refractivity contribution in [2.75, 3.05) is 13.2 Å². The van der Waals surface area contributed by atoms with Gasteiger partial charge in [-0.15, -0.1) is 0 Å². The van der Waals surface area contributed by atoms with Crippen LogP contribution in [0.1, 0.15) is 61.8 Å². The first kappa shape index (κ1) is 30.5. The maximum absolute atomic E-state index is 7.44. The van der Waals surface area contributed by atoms with E-state index < -0.39 is 14.4 Å². The van der Waals surface area contributed by atoms with Crippen LogP contribution in [-0.2, 0) is 7.53 Å². The maximum atomic E-state index is 7.44. The Balaban J connectivity index is 1.50. The predicted octanol–water partition coefficient (Wildman–Crippen LogP) is 7.00. The van der Waals surface area contributed by atoms with E-state index in [1.165, 1.54) is 0 Å². The molecule has 6 bridgehead atoms. The Morgan fingerprint density at radius 1 is 0.451 bits per heavy atom. The molecule has 0 fully saturated rings. The second kappa shape index (κ2) is 11.9. The van der Waals surface area contributed by atoms with Crippen LogP contribution in [0.3, 0.4) is 0 Å². The van der Waals surface area contributed by atoms with E-state index in [-0.39, 0.29) is 0 Å². The molecule has 0 N–H and O–H groups in total. The van der Waals surface area contributed by atoms with E-state index in [0.29, 0.717) is 59.2 Å². The fourth-order valence-corrected chi connectivity index (χ4v) is 14.5. The Morgan fingerprint density at radius 3 is 1.24 bits per heavy atom. The van der Waals surface area contributed by atoms with Crippen molar-refractivity contribution in [1.82, 2.24) is 7.05 Å². The van der Waals surface area contributed by atoms with E-state index in [1.54, 1.807) is 0 Å². The molecule has 0 atom stereocenters. The molecule has 4 aromatic carbocycles.